The van der Waals surface area contributed by atoms with Crippen LogP contribution in [0.15, 0.2) is 16.6 Å². The van der Waals surface area contributed by atoms with Crippen LogP contribution in [0.5, 0.6) is 0 Å². The summed E-state index contributed by atoms with van der Waals surface area (Å²) >= 11 is 2.98. The monoisotopic (exact) mass is 404 g/mol. The molecule has 0 saturated carbocycles. The number of carbonyl (C=O) groups is 1. The van der Waals surface area contributed by atoms with Gasteiger partial charge in [0.2, 0.25) is 0 Å². The summed E-state index contributed by atoms with van der Waals surface area (Å²) in [4.78, 5) is 15.9. The number of hydrogen-bond acceptors (Lipinski definition) is 3. The number of carbonyl (C=O) groups excluding carboxylic acids is 1. The van der Waals surface area contributed by atoms with Crippen molar-refractivity contribution in [3.05, 3.63) is 33.8 Å². The van der Waals surface area contributed by atoms with E-state index in [4.69, 9.17) is 4.74 Å². The second kappa shape index (κ2) is 7.35. The van der Waals surface area contributed by atoms with E-state index in [1.54, 1.807) is 11.0 Å². The van der Waals surface area contributed by atoms with Gasteiger partial charge in [-0.1, -0.05) is 6.07 Å². The van der Waals surface area contributed by atoms with Crippen molar-refractivity contribution in [2.24, 2.45) is 0 Å². The lowest BCUT2D eigenvalue weighted by atomic mass is 10.1. The maximum atomic E-state index is 14.0. The molecular formula is C17H23BrF2N2O2. The van der Waals surface area contributed by atoms with Crippen LogP contribution in [0.2, 0.25) is 0 Å². The van der Waals surface area contributed by atoms with E-state index < -0.39 is 17.2 Å². The first kappa shape index (κ1) is 19.1. The van der Waals surface area contributed by atoms with Crippen LogP contribution in [0.1, 0.15) is 33.3 Å². The van der Waals surface area contributed by atoms with E-state index >= 15 is 0 Å². The van der Waals surface area contributed by atoms with Gasteiger partial charge in [0.25, 0.3) is 0 Å². The Morgan fingerprint density at radius 2 is 1.96 bits per heavy atom. The largest absolute Gasteiger partial charge is 0.444 e. The zero-order valence-electron chi connectivity index (χ0n) is 14.4. The molecule has 0 unspecified atom stereocenters. The average Bonchev–Trinajstić information content (AvgIpc) is 2.46. The third kappa shape index (κ3) is 4.66. The molecule has 0 aromatic heterocycles. The molecule has 0 N–H and O–H groups in total. The third-order valence-corrected chi connectivity index (χ3v) is 4.46. The molecule has 1 atom stereocenters. The highest BCUT2D eigenvalue weighted by Crippen LogP contribution is 2.23. The molecule has 1 saturated heterocycles. The van der Waals surface area contributed by atoms with Crippen molar-refractivity contribution in [2.75, 3.05) is 19.6 Å². The van der Waals surface area contributed by atoms with E-state index in [2.05, 4.69) is 15.9 Å². The molecule has 24 heavy (non-hydrogen) atoms. The topological polar surface area (TPSA) is 32.8 Å². The molecule has 7 heteroatoms. The lowest BCUT2D eigenvalue weighted by molar-refractivity contribution is 0.000427. The van der Waals surface area contributed by atoms with Crippen LogP contribution >= 0.6 is 15.9 Å². The maximum Gasteiger partial charge on any atom is 0.410 e. The summed E-state index contributed by atoms with van der Waals surface area (Å²) in [7, 11) is 0. The molecule has 1 aliphatic heterocycles. The number of nitrogens with zero attached hydrogens (tertiary/aromatic N) is 2. The Bertz CT molecular complexity index is 619. The van der Waals surface area contributed by atoms with Gasteiger partial charge >= 0.3 is 6.09 Å². The number of ether oxygens (including phenoxy) is 1. The van der Waals surface area contributed by atoms with Gasteiger partial charge in [-0.3, -0.25) is 4.90 Å². The van der Waals surface area contributed by atoms with E-state index in [1.165, 1.54) is 6.07 Å². The van der Waals surface area contributed by atoms with Crippen molar-refractivity contribution in [1.82, 2.24) is 9.80 Å². The van der Waals surface area contributed by atoms with Crippen molar-refractivity contribution in [1.29, 1.82) is 0 Å². The van der Waals surface area contributed by atoms with Crippen LogP contribution in [0.3, 0.4) is 0 Å². The Kier molecular flexibility index (Phi) is 5.86. The molecule has 1 heterocycles. The molecule has 0 spiro atoms. The maximum absolute atomic E-state index is 14.0. The minimum absolute atomic E-state index is 0.0584. The lowest BCUT2D eigenvalue weighted by Crippen LogP contribution is -2.54. The van der Waals surface area contributed by atoms with Crippen molar-refractivity contribution < 1.29 is 18.3 Å². The fourth-order valence-electron chi connectivity index (χ4n) is 2.70. The Balaban J connectivity index is 1.99. The van der Waals surface area contributed by atoms with Gasteiger partial charge in [-0.2, -0.15) is 0 Å². The predicted octanol–water partition coefficient (Wildman–Crippen LogP) is 4.17. The number of hydrogen-bond donors (Lipinski definition) is 0. The van der Waals surface area contributed by atoms with Gasteiger partial charge in [-0.05, 0) is 49.7 Å². The predicted molar refractivity (Wildman–Crippen MR) is 91.7 cm³/mol. The molecule has 0 bridgehead atoms. The van der Waals surface area contributed by atoms with Crippen molar-refractivity contribution in [3.63, 3.8) is 0 Å². The minimum Gasteiger partial charge on any atom is -0.444 e. The van der Waals surface area contributed by atoms with Gasteiger partial charge < -0.3 is 9.64 Å². The smallest absolute Gasteiger partial charge is 0.410 e. The van der Waals surface area contributed by atoms with Gasteiger partial charge in [0.15, 0.2) is 11.6 Å². The Morgan fingerprint density at radius 3 is 2.54 bits per heavy atom. The van der Waals surface area contributed by atoms with Crippen molar-refractivity contribution in [3.8, 4) is 0 Å². The second-order valence-electron chi connectivity index (χ2n) is 7.09. The summed E-state index contributed by atoms with van der Waals surface area (Å²) in [5.74, 6) is -1.69. The Labute approximate surface area is 149 Å². The molecule has 1 aromatic carbocycles. The highest BCUT2D eigenvalue weighted by atomic mass is 79.9. The zero-order chi connectivity index (χ0) is 18.1. The standard InChI is InChI=1S/C17H23BrF2N2O2/c1-11-9-21(7-8-22(11)16(23)24-17(2,3)4)10-12-5-6-13(18)15(20)14(12)19/h5-6,11H,7-10H2,1-4H3/t11-/m0/s1. The fourth-order valence-corrected chi connectivity index (χ4v) is 3.00. The van der Waals surface area contributed by atoms with E-state index in [1.807, 2.05) is 32.6 Å². The SMILES string of the molecule is C[C@H]1CN(Cc2ccc(Br)c(F)c2F)CCN1C(=O)OC(C)(C)C. The summed E-state index contributed by atoms with van der Waals surface area (Å²) in [6.07, 6.45) is -0.337. The van der Waals surface area contributed by atoms with Gasteiger partial charge in [0.05, 0.1) is 4.47 Å². The van der Waals surface area contributed by atoms with E-state index in [-0.39, 0.29) is 16.6 Å². The van der Waals surface area contributed by atoms with Gasteiger partial charge in [-0.25, -0.2) is 13.6 Å². The molecule has 0 radical (unpaired) electrons. The summed E-state index contributed by atoms with van der Waals surface area (Å²) in [6, 6.07) is 3.03. The highest BCUT2D eigenvalue weighted by molar-refractivity contribution is 9.10. The van der Waals surface area contributed by atoms with Crippen molar-refractivity contribution >= 4 is 22.0 Å². The number of halogens is 3. The second-order valence-corrected chi connectivity index (χ2v) is 7.95. The number of piperazine rings is 1. The first-order valence-electron chi connectivity index (χ1n) is 7.93. The molecule has 2 rings (SSSR count). The zero-order valence-corrected chi connectivity index (χ0v) is 16.0. The van der Waals surface area contributed by atoms with Gasteiger partial charge in [-0.15, -0.1) is 0 Å². The van der Waals surface area contributed by atoms with Crippen LogP contribution < -0.4 is 0 Å². The summed E-state index contributed by atoms with van der Waals surface area (Å²) in [5, 5.41) is 0. The lowest BCUT2D eigenvalue weighted by Gasteiger charge is -2.40. The first-order valence-corrected chi connectivity index (χ1v) is 8.72. The van der Waals surface area contributed by atoms with E-state index in [0.29, 0.717) is 31.7 Å². The van der Waals surface area contributed by atoms with Crippen LogP contribution in [0, 0.1) is 11.6 Å². The van der Waals surface area contributed by atoms with Gasteiger partial charge in [0.1, 0.15) is 5.60 Å². The molecule has 1 amide bonds. The highest BCUT2D eigenvalue weighted by Gasteiger charge is 2.31. The molecule has 134 valence electrons. The van der Waals surface area contributed by atoms with Crippen LogP contribution in [0.25, 0.3) is 0 Å². The number of benzene rings is 1. The number of amides is 1. The summed E-state index contributed by atoms with van der Waals surface area (Å²) < 4.78 is 33.1. The average molecular weight is 405 g/mol. The third-order valence-electron chi connectivity index (χ3n) is 3.85. The molecule has 1 fully saturated rings. The molecular weight excluding hydrogens is 382 g/mol. The molecule has 4 nitrogen and oxygen atoms in total. The Hall–Kier alpha value is -1.21. The van der Waals surface area contributed by atoms with E-state index in [0.717, 1.165) is 0 Å². The normalized spacial score (nSPS) is 19.5. The summed E-state index contributed by atoms with van der Waals surface area (Å²) in [5.41, 5.74) is -0.222. The molecule has 0 aliphatic carbocycles. The van der Waals surface area contributed by atoms with Crippen LogP contribution in [0.4, 0.5) is 13.6 Å². The Morgan fingerprint density at radius 1 is 1.29 bits per heavy atom. The van der Waals surface area contributed by atoms with Crippen LogP contribution in [-0.2, 0) is 11.3 Å². The number of rotatable bonds is 2. The fraction of sp³-hybridized carbons (Fsp3) is 0.588. The summed E-state index contributed by atoms with van der Waals surface area (Å²) in [6.45, 7) is 9.38. The first-order chi connectivity index (χ1) is 11.1. The van der Waals surface area contributed by atoms with Gasteiger partial charge in [0, 0.05) is 37.8 Å². The molecule has 1 aromatic rings. The van der Waals surface area contributed by atoms with Crippen molar-refractivity contribution in [2.45, 2.75) is 45.9 Å². The van der Waals surface area contributed by atoms with Crippen LogP contribution in [-0.4, -0.2) is 47.2 Å². The minimum atomic E-state index is -0.868. The molecule has 1 aliphatic rings. The van der Waals surface area contributed by atoms with E-state index in [9.17, 15) is 13.6 Å². The quantitative estimate of drug-likeness (QED) is 0.693.